The zero-order valence-corrected chi connectivity index (χ0v) is 10.3. The lowest BCUT2D eigenvalue weighted by molar-refractivity contribution is 0.0838. The van der Waals surface area contributed by atoms with Gasteiger partial charge in [0.15, 0.2) is 0 Å². The Balaban J connectivity index is 3.30. The van der Waals surface area contributed by atoms with Crippen LogP contribution in [0.2, 0.25) is 25.7 Å². The van der Waals surface area contributed by atoms with E-state index in [1.54, 1.807) is 0 Å². The Morgan fingerprint density at radius 3 is 2.50 bits per heavy atom. The molecule has 0 rings (SSSR count). The first-order valence-corrected chi connectivity index (χ1v) is 8.61. The van der Waals surface area contributed by atoms with Crippen LogP contribution < -0.4 is 0 Å². The number of unbranched alkanes of at least 4 members (excludes halogenated alkanes) is 1. The minimum absolute atomic E-state index is 0.442. The molecule has 0 saturated heterocycles. The second-order valence-electron chi connectivity index (χ2n) is 4.40. The average Bonchev–Trinajstić information content (AvgIpc) is 2.02. The fourth-order valence-electron chi connectivity index (χ4n) is 1.01. The van der Waals surface area contributed by atoms with E-state index >= 15 is 0 Å². The first-order chi connectivity index (χ1) is 6.45. The highest BCUT2D eigenvalue weighted by atomic mass is 28.3. The lowest BCUT2D eigenvalue weighted by Gasteiger charge is -2.14. The molecule has 82 valence electrons. The molecule has 0 bridgehead atoms. The number of ether oxygens (including phenoxy) is 2. The molecule has 0 aliphatic carbocycles. The normalized spacial score (nSPS) is 10.8. The van der Waals surface area contributed by atoms with E-state index in [1.807, 2.05) is 0 Å². The van der Waals surface area contributed by atoms with E-state index in [4.69, 9.17) is 4.74 Å². The minimum Gasteiger partial charge on any atom is -0.434 e. The van der Waals surface area contributed by atoms with Crippen LogP contribution in [0, 0.1) is 0 Å². The smallest absolute Gasteiger partial charge is 0.434 e. The maximum absolute atomic E-state index is 10.7. The molecule has 0 aromatic heterocycles. The van der Waals surface area contributed by atoms with Gasteiger partial charge >= 0.3 is 6.16 Å². The Hall–Kier alpha value is -0.773. The van der Waals surface area contributed by atoms with E-state index in [1.165, 1.54) is 6.04 Å². The molecule has 0 fully saturated rings. The Morgan fingerprint density at radius 2 is 2.00 bits per heavy atom. The summed E-state index contributed by atoms with van der Waals surface area (Å²) in [6.45, 7) is 10.7. The third-order valence-corrected chi connectivity index (χ3v) is 3.57. The van der Waals surface area contributed by atoms with Crippen molar-refractivity contribution in [3.63, 3.8) is 0 Å². The molecule has 0 amide bonds. The van der Waals surface area contributed by atoms with Crippen molar-refractivity contribution in [1.29, 1.82) is 0 Å². The molecule has 0 heterocycles. The number of rotatable bonds is 6. The summed E-state index contributed by atoms with van der Waals surface area (Å²) in [5.41, 5.74) is 0. The van der Waals surface area contributed by atoms with Crippen molar-refractivity contribution in [2.75, 3.05) is 6.61 Å². The van der Waals surface area contributed by atoms with Gasteiger partial charge in [-0.25, -0.2) is 4.79 Å². The Labute approximate surface area is 87.1 Å². The molecule has 0 N–H and O–H groups in total. The van der Waals surface area contributed by atoms with Crippen molar-refractivity contribution in [1.82, 2.24) is 0 Å². The molecule has 0 unspecified atom stereocenters. The molecule has 0 aromatic carbocycles. The van der Waals surface area contributed by atoms with Crippen molar-refractivity contribution in [3.05, 3.63) is 12.8 Å². The van der Waals surface area contributed by atoms with Crippen molar-refractivity contribution in [2.24, 2.45) is 0 Å². The molecule has 0 aliphatic heterocycles. The zero-order valence-electron chi connectivity index (χ0n) is 9.34. The van der Waals surface area contributed by atoms with Crippen molar-refractivity contribution < 1.29 is 14.3 Å². The summed E-state index contributed by atoms with van der Waals surface area (Å²) in [4.78, 5) is 10.7. The van der Waals surface area contributed by atoms with Crippen LogP contribution in [0.25, 0.3) is 0 Å². The van der Waals surface area contributed by atoms with E-state index in [-0.39, 0.29) is 0 Å². The monoisotopic (exact) mass is 216 g/mol. The summed E-state index contributed by atoms with van der Waals surface area (Å²) in [6.07, 6.45) is 2.45. The fourth-order valence-corrected chi connectivity index (χ4v) is 2.33. The Morgan fingerprint density at radius 1 is 1.36 bits per heavy atom. The summed E-state index contributed by atoms with van der Waals surface area (Å²) in [5, 5.41) is 0. The van der Waals surface area contributed by atoms with Gasteiger partial charge in [-0.2, -0.15) is 0 Å². The topological polar surface area (TPSA) is 35.5 Å². The van der Waals surface area contributed by atoms with Gasteiger partial charge in [0.2, 0.25) is 0 Å². The maximum atomic E-state index is 10.7. The summed E-state index contributed by atoms with van der Waals surface area (Å²) in [6, 6.07) is 1.27. The molecular weight excluding hydrogens is 196 g/mol. The van der Waals surface area contributed by atoms with E-state index in [2.05, 4.69) is 31.0 Å². The first kappa shape index (κ1) is 13.2. The highest BCUT2D eigenvalue weighted by Gasteiger charge is 2.11. The average molecular weight is 216 g/mol. The van der Waals surface area contributed by atoms with Crippen molar-refractivity contribution in [3.8, 4) is 0 Å². The standard InChI is InChI=1S/C10H20O3Si/c1-5-12-10(11)13-8-6-7-9-14(2,3)4/h5H,1,6-9H2,2-4H3. The summed E-state index contributed by atoms with van der Waals surface area (Å²) in [5.74, 6) is 0. The molecule has 4 heteroatoms. The molecule has 14 heavy (non-hydrogen) atoms. The van der Waals surface area contributed by atoms with Crippen molar-refractivity contribution in [2.45, 2.75) is 38.5 Å². The summed E-state index contributed by atoms with van der Waals surface area (Å²) >= 11 is 0. The largest absolute Gasteiger partial charge is 0.513 e. The van der Waals surface area contributed by atoms with Crippen LogP contribution in [-0.2, 0) is 9.47 Å². The van der Waals surface area contributed by atoms with E-state index < -0.39 is 14.2 Å². The SMILES string of the molecule is C=COC(=O)OCCCC[Si](C)(C)C. The lowest BCUT2D eigenvalue weighted by atomic mass is 10.4. The molecule has 0 aromatic rings. The predicted molar refractivity (Wildman–Crippen MR) is 60.0 cm³/mol. The second kappa shape index (κ2) is 6.65. The third kappa shape index (κ3) is 9.32. The quantitative estimate of drug-likeness (QED) is 0.295. The fraction of sp³-hybridized carbons (Fsp3) is 0.700. The molecule has 0 atom stereocenters. The summed E-state index contributed by atoms with van der Waals surface area (Å²) < 4.78 is 9.18. The van der Waals surface area contributed by atoms with Gasteiger partial charge in [0.25, 0.3) is 0 Å². The van der Waals surface area contributed by atoms with Crippen LogP contribution in [0.1, 0.15) is 12.8 Å². The molecule has 3 nitrogen and oxygen atoms in total. The number of carbonyl (C=O) groups excluding carboxylic acids is 1. The van der Waals surface area contributed by atoms with Gasteiger partial charge in [-0.3, -0.25) is 0 Å². The Bertz CT molecular complexity index is 184. The van der Waals surface area contributed by atoms with Crippen LogP contribution in [0.5, 0.6) is 0 Å². The number of hydrogen-bond donors (Lipinski definition) is 0. The van der Waals surface area contributed by atoms with Gasteiger partial charge in [-0.15, -0.1) is 0 Å². The number of hydrogen-bond acceptors (Lipinski definition) is 3. The summed E-state index contributed by atoms with van der Waals surface area (Å²) in [7, 11) is -0.937. The van der Waals surface area contributed by atoms with Gasteiger partial charge < -0.3 is 9.47 Å². The first-order valence-electron chi connectivity index (χ1n) is 4.90. The van der Waals surface area contributed by atoms with Crippen LogP contribution >= 0.6 is 0 Å². The predicted octanol–water partition coefficient (Wildman–Crippen LogP) is 3.40. The second-order valence-corrected chi connectivity index (χ2v) is 10.0. The number of carbonyl (C=O) groups is 1. The molecule has 0 saturated carbocycles. The van der Waals surface area contributed by atoms with Gasteiger partial charge in [0.05, 0.1) is 12.9 Å². The highest BCUT2D eigenvalue weighted by molar-refractivity contribution is 6.76. The molecule has 0 radical (unpaired) electrons. The Kier molecular flexibility index (Phi) is 6.28. The van der Waals surface area contributed by atoms with Crippen molar-refractivity contribution >= 4 is 14.2 Å². The van der Waals surface area contributed by atoms with Crippen LogP contribution in [-0.4, -0.2) is 20.8 Å². The van der Waals surface area contributed by atoms with E-state index in [9.17, 15) is 4.79 Å². The van der Waals surface area contributed by atoms with Gasteiger partial charge in [-0.05, 0) is 6.42 Å². The lowest BCUT2D eigenvalue weighted by Crippen LogP contribution is -2.19. The van der Waals surface area contributed by atoms with Gasteiger partial charge in [0, 0.05) is 8.07 Å². The maximum Gasteiger partial charge on any atom is 0.513 e. The zero-order chi connectivity index (χ0) is 11.0. The van der Waals surface area contributed by atoms with Gasteiger partial charge in [0.1, 0.15) is 0 Å². The van der Waals surface area contributed by atoms with Crippen LogP contribution in [0.4, 0.5) is 4.79 Å². The van der Waals surface area contributed by atoms with Crippen LogP contribution in [0.3, 0.4) is 0 Å². The highest BCUT2D eigenvalue weighted by Crippen LogP contribution is 2.12. The van der Waals surface area contributed by atoms with E-state index in [0.29, 0.717) is 6.61 Å². The molecule has 0 aliphatic rings. The minimum atomic E-state index is -0.937. The van der Waals surface area contributed by atoms with E-state index in [0.717, 1.165) is 19.1 Å². The third-order valence-electron chi connectivity index (χ3n) is 1.72. The van der Waals surface area contributed by atoms with Gasteiger partial charge in [-0.1, -0.05) is 38.7 Å². The molecule has 0 spiro atoms. The van der Waals surface area contributed by atoms with Crippen LogP contribution in [0.15, 0.2) is 12.8 Å². The molecular formula is C10H20O3Si.